The van der Waals surface area contributed by atoms with E-state index < -0.39 is 22.9 Å². The lowest BCUT2D eigenvalue weighted by molar-refractivity contribution is -0.384. The third-order valence-electron chi connectivity index (χ3n) is 3.61. The average molecular weight is 428 g/mol. The molecule has 9 nitrogen and oxygen atoms in total. The number of anilines is 2. The molecule has 2 aromatic rings. The fourth-order valence-electron chi connectivity index (χ4n) is 2.13. The van der Waals surface area contributed by atoms with E-state index in [-0.39, 0.29) is 38.4 Å². The molecule has 1 atom stereocenters. The molecule has 2 rings (SSSR count). The predicted molar refractivity (Wildman–Crippen MR) is 104 cm³/mol. The maximum Gasteiger partial charge on any atom is 0.342 e. The van der Waals surface area contributed by atoms with Crippen molar-refractivity contribution in [2.45, 2.75) is 13.0 Å². The van der Waals surface area contributed by atoms with Gasteiger partial charge in [-0.3, -0.25) is 14.9 Å². The Kier molecular flexibility index (Phi) is 6.66. The Morgan fingerprint density at radius 1 is 1.21 bits per heavy atom. The Balaban J connectivity index is 2.15. The van der Waals surface area contributed by atoms with E-state index in [4.69, 9.17) is 38.4 Å². The second kappa shape index (κ2) is 8.77. The topological polar surface area (TPSA) is 134 Å². The van der Waals surface area contributed by atoms with Gasteiger partial charge in [-0.1, -0.05) is 23.2 Å². The van der Waals surface area contributed by atoms with Gasteiger partial charge in [-0.05, 0) is 19.1 Å². The largest absolute Gasteiger partial charge is 0.496 e. The van der Waals surface area contributed by atoms with Gasteiger partial charge in [-0.15, -0.1) is 0 Å². The van der Waals surface area contributed by atoms with Crippen LogP contribution in [0.25, 0.3) is 0 Å². The number of benzene rings is 2. The van der Waals surface area contributed by atoms with Crippen LogP contribution >= 0.6 is 23.2 Å². The van der Waals surface area contributed by atoms with E-state index in [1.807, 2.05) is 0 Å². The number of nitro groups is 1. The third kappa shape index (κ3) is 4.81. The number of carbonyl (C=O) groups excluding carboxylic acids is 2. The van der Waals surface area contributed by atoms with E-state index in [1.165, 1.54) is 38.3 Å². The second-order valence-electron chi connectivity index (χ2n) is 5.53. The molecule has 1 unspecified atom stereocenters. The summed E-state index contributed by atoms with van der Waals surface area (Å²) in [5.74, 6) is -1.48. The molecule has 28 heavy (non-hydrogen) atoms. The van der Waals surface area contributed by atoms with E-state index in [1.54, 1.807) is 0 Å². The number of amides is 1. The van der Waals surface area contributed by atoms with Crippen LogP contribution in [0.5, 0.6) is 5.75 Å². The summed E-state index contributed by atoms with van der Waals surface area (Å²) >= 11 is 11.8. The first-order chi connectivity index (χ1) is 13.1. The highest BCUT2D eigenvalue weighted by molar-refractivity contribution is 6.34. The second-order valence-corrected chi connectivity index (χ2v) is 6.35. The van der Waals surface area contributed by atoms with Crippen molar-refractivity contribution in [1.82, 2.24) is 0 Å². The fraction of sp³-hybridized carbons (Fsp3) is 0.176. The highest BCUT2D eigenvalue weighted by Crippen LogP contribution is 2.30. The standard InChI is InChI=1S/C17H15Cl2N3O6/c1-8(16(23)21-14-5-9(22(25)26)3-4-11(14)18)28-17(24)10-6-12(19)13(20)7-15(10)27-2/h3-8H,20H2,1-2H3,(H,21,23). The number of rotatable bonds is 6. The van der Waals surface area contributed by atoms with Gasteiger partial charge in [0.25, 0.3) is 11.6 Å². The fourth-order valence-corrected chi connectivity index (χ4v) is 2.46. The molecular weight excluding hydrogens is 413 g/mol. The molecule has 0 aliphatic carbocycles. The maximum absolute atomic E-state index is 12.4. The number of methoxy groups -OCH3 is 1. The zero-order chi connectivity index (χ0) is 21.0. The summed E-state index contributed by atoms with van der Waals surface area (Å²) in [6.45, 7) is 1.32. The third-order valence-corrected chi connectivity index (χ3v) is 4.27. The van der Waals surface area contributed by atoms with Crippen LogP contribution in [-0.4, -0.2) is 30.0 Å². The van der Waals surface area contributed by atoms with Gasteiger partial charge in [-0.2, -0.15) is 0 Å². The molecule has 0 aliphatic rings. The minimum atomic E-state index is -1.25. The first kappa shape index (κ1) is 21.3. The number of non-ortho nitro benzene ring substituents is 1. The van der Waals surface area contributed by atoms with Gasteiger partial charge in [0.15, 0.2) is 6.10 Å². The van der Waals surface area contributed by atoms with Crippen LogP contribution < -0.4 is 15.8 Å². The number of hydrogen-bond donors (Lipinski definition) is 2. The summed E-state index contributed by atoms with van der Waals surface area (Å²) in [6, 6.07) is 6.18. The summed E-state index contributed by atoms with van der Waals surface area (Å²) in [6.07, 6.45) is -1.25. The summed E-state index contributed by atoms with van der Waals surface area (Å²) in [5, 5.41) is 13.4. The number of nitrogens with one attached hydrogen (secondary N) is 1. The van der Waals surface area contributed by atoms with Crippen LogP contribution in [0.2, 0.25) is 10.0 Å². The minimum absolute atomic E-state index is 0.0110. The van der Waals surface area contributed by atoms with Crippen LogP contribution in [0.15, 0.2) is 30.3 Å². The Morgan fingerprint density at radius 2 is 1.89 bits per heavy atom. The molecule has 11 heteroatoms. The molecule has 3 N–H and O–H groups in total. The highest BCUT2D eigenvalue weighted by Gasteiger charge is 2.23. The summed E-state index contributed by atoms with van der Waals surface area (Å²) in [7, 11) is 1.33. The van der Waals surface area contributed by atoms with Crippen molar-refractivity contribution in [3.63, 3.8) is 0 Å². The SMILES string of the molecule is COc1cc(N)c(Cl)cc1C(=O)OC(C)C(=O)Nc1cc([N+](=O)[O-])ccc1Cl. The molecule has 0 heterocycles. The molecule has 0 aliphatic heterocycles. The number of nitro benzene ring substituents is 1. The zero-order valence-corrected chi connectivity index (χ0v) is 16.2. The molecular formula is C17H15Cl2N3O6. The van der Waals surface area contributed by atoms with Gasteiger partial charge < -0.3 is 20.5 Å². The van der Waals surface area contributed by atoms with Crippen molar-refractivity contribution >= 4 is 52.1 Å². The van der Waals surface area contributed by atoms with Crippen molar-refractivity contribution in [1.29, 1.82) is 0 Å². The first-order valence-corrected chi connectivity index (χ1v) is 8.48. The Bertz CT molecular complexity index is 951. The van der Waals surface area contributed by atoms with Crippen LogP contribution in [0.3, 0.4) is 0 Å². The Morgan fingerprint density at radius 3 is 2.50 bits per heavy atom. The lowest BCUT2D eigenvalue weighted by atomic mass is 10.2. The molecule has 148 valence electrons. The van der Waals surface area contributed by atoms with Gasteiger partial charge >= 0.3 is 5.97 Å². The van der Waals surface area contributed by atoms with Crippen LogP contribution in [0, 0.1) is 10.1 Å². The molecule has 0 saturated carbocycles. The molecule has 0 fully saturated rings. The number of esters is 1. The number of hydrogen-bond acceptors (Lipinski definition) is 7. The van der Waals surface area contributed by atoms with E-state index in [0.29, 0.717) is 0 Å². The molecule has 0 bridgehead atoms. The van der Waals surface area contributed by atoms with Crippen LogP contribution in [0.4, 0.5) is 17.1 Å². The number of nitrogen functional groups attached to an aromatic ring is 1. The normalized spacial score (nSPS) is 11.4. The lowest BCUT2D eigenvalue weighted by Gasteiger charge is -2.16. The average Bonchev–Trinajstić information content (AvgIpc) is 2.64. The summed E-state index contributed by atoms with van der Waals surface area (Å²) in [4.78, 5) is 34.9. The van der Waals surface area contributed by atoms with Crippen molar-refractivity contribution in [3.8, 4) is 5.75 Å². The van der Waals surface area contributed by atoms with E-state index in [9.17, 15) is 19.7 Å². The zero-order valence-electron chi connectivity index (χ0n) is 14.7. The number of ether oxygens (including phenoxy) is 2. The Hall–Kier alpha value is -3.04. The predicted octanol–water partition coefficient (Wildman–Crippen LogP) is 3.68. The maximum atomic E-state index is 12.4. The molecule has 0 radical (unpaired) electrons. The van der Waals surface area contributed by atoms with Gasteiger partial charge in [0, 0.05) is 18.2 Å². The van der Waals surface area contributed by atoms with Crippen LogP contribution in [0.1, 0.15) is 17.3 Å². The van der Waals surface area contributed by atoms with Crippen molar-refractivity contribution in [3.05, 3.63) is 56.1 Å². The molecule has 0 spiro atoms. The Labute approximate surface area is 169 Å². The number of nitrogens with two attached hydrogens (primary N) is 1. The quantitative estimate of drug-likeness (QED) is 0.310. The van der Waals surface area contributed by atoms with E-state index >= 15 is 0 Å². The van der Waals surface area contributed by atoms with Crippen molar-refractivity contribution in [2.24, 2.45) is 0 Å². The van der Waals surface area contributed by atoms with Gasteiger partial charge in [0.2, 0.25) is 0 Å². The smallest absolute Gasteiger partial charge is 0.342 e. The molecule has 0 saturated heterocycles. The van der Waals surface area contributed by atoms with E-state index in [0.717, 1.165) is 6.07 Å². The molecule has 2 aromatic carbocycles. The molecule has 1 amide bonds. The number of halogens is 2. The van der Waals surface area contributed by atoms with Crippen molar-refractivity contribution < 1.29 is 24.0 Å². The van der Waals surface area contributed by atoms with Crippen LogP contribution in [-0.2, 0) is 9.53 Å². The summed E-state index contributed by atoms with van der Waals surface area (Å²) < 4.78 is 10.2. The van der Waals surface area contributed by atoms with Gasteiger partial charge in [0.05, 0.1) is 33.5 Å². The minimum Gasteiger partial charge on any atom is -0.496 e. The highest BCUT2D eigenvalue weighted by atomic mass is 35.5. The van der Waals surface area contributed by atoms with Crippen molar-refractivity contribution in [2.75, 3.05) is 18.2 Å². The number of nitrogens with zero attached hydrogens (tertiary/aromatic N) is 1. The first-order valence-electron chi connectivity index (χ1n) is 7.72. The lowest BCUT2D eigenvalue weighted by Crippen LogP contribution is -2.30. The number of carbonyl (C=O) groups is 2. The monoisotopic (exact) mass is 427 g/mol. The summed E-state index contributed by atoms with van der Waals surface area (Å²) in [5.41, 5.74) is 5.60. The van der Waals surface area contributed by atoms with E-state index in [2.05, 4.69) is 5.32 Å². The van der Waals surface area contributed by atoms with Gasteiger partial charge in [-0.25, -0.2) is 4.79 Å². The molecule has 0 aromatic heterocycles. The van der Waals surface area contributed by atoms with Gasteiger partial charge in [0.1, 0.15) is 11.3 Å².